The minimum Gasteiger partial charge on any atom is -0.382 e. The Kier molecular flexibility index (Phi) is 45.0. The monoisotopic (exact) mass is 1100 g/mol. The molecule has 0 saturated carbocycles. The van der Waals surface area contributed by atoms with Crippen molar-refractivity contribution in [2.75, 3.05) is 252 Å². The van der Waals surface area contributed by atoms with Crippen molar-refractivity contribution in [2.45, 2.75) is 46.1 Å². The van der Waals surface area contributed by atoms with Crippen LogP contribution in [0.3, 0.4) is 0 Å². The van der Waals surface area contributed by atoms with Crippen LogP contribution >= 0.6 is 0 Å². The molecule has 1 aromatic heterocycles. The fraction of sp³-hybridized carbons (Fsp3) is 0.789. The van der Waals surface area contributed by atoms with Gasteiger partial charge in [-0.25, -0.2) is 0 Å². The van der Waals surface area contributed by atoms with Crippen LogP contribution in [0.5, 0.6) is 0 Å². The normalized spacial score (nSPS) is 12.0. The lowest BCUT2D eigenvalue weighted by molar-refractivity contribution is -0.0311. The van der Waals surface area contributed by atoms with E-state index in [1.165, 1.54) is 32.9 Å². The average Bonchev–Trinajstić information content (AvgIpc) is 3.77. The molecular weight excluding hydrogens is 1000 g/mol. The van der Waals surface area contributed by atoms with E-state index in [9.17, 15) is 0 Å². The van der Waals surface area contributed by atoms with E-state index in [1.807, 2.05) is 0 Å². The van der Waals surface area contributed by atoms with Gasteiger partial charge in [-0.3, -0.25) is 0 Å². The first-order valence-electron chi connectivity index (χ1n) is 28.0. The number of fused-ring (bicyclic) bond motifs is 3. The van der Waals surface area contributed by atoms with Gasteiger partial charge in [-0.2, -0.15) is 0 Å². The predicted molar refractivity (Wildman–Crippen MR) is 294 cm³/mol. The third-order valence-corrected chi connectivity index (χ3v) is 11.5. The maximum absolute atomic E-state index is 5.96. The summed E-state index contributed by atoms with van der Waals surface area (Å²) in [5.74, 6) is 0.970. The number of hydrogen-bond donors (Lipinski definition) is 0. The van der Waals surface area contributed by atoms with Gasteiger partial charge < -0.3 is 94.6 Å². The van der Waals surface area contributed by atoms with E-state index in [4.69, 9.17) is 90.0 Å². The molecule has 3 rings (SSSR count). The molecule has 0 aliphatic carbocycles. The molecule has 0 amide bonds. The SMILES string of the molecule is COCCOCCOCCOCCOCCOCCOCCOCCOCCOCCOCCOCCOCCOCCOCCOCCOCCOCCOCCn1c2ccc(C(C)C)cc2c2cc(C(C)C)ccc21. The van der Waals surface area contributed by atoms with Crippen LogP contribution in [0.2, 0.25) is 0 Å². The molecule has 20 nitrogen and oxygen atoms in total. The number of aromatic nitrogens is 1. The fourth-order valence-corrected chi connectivity index (χ4v) is 7.24. The highest BCUT2D eigenvalue weighted by Crippen LogP contribution is 2.33. The smallest absolute Gasteiger partial charge is 0.0701 e. The van der Waals surface area contributed by atoms with Crippen LogP contribution in [0, 0.1) is 0 Å². The Labute approximate surface area is 460 Å². The van der Waals surface area contributed by atoms with E-state index in [-0.39, 0.29) is 0 Å². The summed E-state index contributed by atoms with van der Waals surface area (Å²) >= 11 is 0. The van der Waals surface area contributed by atoms with E-state index >= 15 is 0 Å². The van der Waals surface area contributed by atoms with Crippen molar-refractivity contribution >= 4 is 21.8 Å². The van der Waals surface area contributed by atoms with Crippen molar-refractivity contribution in [3.63, 3.8) is 0 Å². The molecule has 2 aromatic carbocycles. The van der Waals surface area contributed by atoms with Crippen LogP contribution in [-0.2, 0) is 96.5 Å². The first kappa shape index (κ1) is 68.8. The Hall–Kier alpha value is -2.52. The maximum atomic E-state index is 5.96. The summed E-state index contributed by atoms with van der Waals surface area (Å²) in [6, 6.07) is 13.8. The van der Waals surface area contributed by atoms with Gasteiger partial charge in [-0.15, -0.1) is 0 Å². The Morgan fingerprint density at radius 2 is 0.442 bits per heavy atom. The van der Waals surface area contributed by atoms with Crippen molar-refractivity contribution in [2.24, 2.45) is 0 Å². The molecule has 0 atom stereocenters. The Morgan fingerprint density at radius 3 is 0.623 bits per heavy atom. The van der Waals surface area contributed by atoms with Gasteiger partial charge in [0.15, 0.2) is 0 Å². The molecule has 0 fully saturated rings. The summed E-state index contributed by atoms with van der Waals surface area (Å²) < 4.78 is 107. The van der Waals surface area contributed by atoms with E-state index < -0.39 is 0 Å². The molecule has 0 aliphatic heterocycles. The molecule has 0 radical (unpaired) electrons. The number of rotatable bonds is 59. The van der Waals surface area contributed by atoms with Crippen molar-refractivity contribution in [1.29, 1.82) is 0 Å². The van der Waals surface area contributed by atoms with Crippen LogP contribution in [0.1, 0.15) is 50.7 Å². The zero-order valence-electron chi connectivity index (χ0n) is 47.7. The molecule has 0 aliphatic rings. The van der Waals surface area contributed by atoms with Crippen molar-refractivity contribution in [3.8, 4) is 0 Å². The fourth-order valence-electron chi connectivity index (χ4n) is 7.24. The van der Waals surface area contributed by atoms with Gasteiger partial charge in [-0.1, -0.05) is 39.8 Å². The van der Waals surface area contributed by atoms with Gasteiger partial charge in [0.25, 0.3) is 0 Å². The van der Waals surface area contributed by atoms with E-state index in [1.54, 1.807) is 7.11 Å². The lowest BCUT2D eigenvalue weighted by Crippen LogP contribution is -2.16. The van der Waals surface area contributed by atoms with Gasteiger partial charge in [0.1, 0.15) is 0 Å². The zero-order chi connectivity index (χ0) is 54.7. The zero-order valence-corrected chi connectivity index (χ0v) is 47.7. The molecule has 0 unspecified atom stereocenters. The minimum atomic E-state index is 0.485. The van der Waals surface area contributed by atoms with Gasteiger partial charge in [-0.05, 0) is 47.2 Å². The molecule has 0 saturated heterocycles. The third kappa shape index (κ3) is 36.5. The minimum absolute atomic E-state index is 0.485. The lowest BCUT2D eigenvalue weighted by Gasteiger charge is -2.11. The second kappa shape index (κ2) is 50.4. The summed E-state index contributed by atoms with van der Waals surface area (Å²) in [6.07, 6.45) is 0. The highest BCUT2D eigenvalue weighted by molar-refractivity contribution is 6.08. The number of ether oxygens (including phenoxy) is 19. The molecule has 0 N–H and O–H groups in total. The van der Waals surface area contributed by atoms with Crippen molar-refractivity contribution in [3.05, 3.63) is 47.5 Å². The highest BCUT2D eigenvalue weighted by Gasteiger charge is 2.14. The number of hydrogen-bond acceptors (Lipinski definition) is 19. The molecule has 20 heteroatoms. The van der Waals surface area contributed by atoms with Crippen molar-refractivity contribution < 1.29 is 90.0 Å². The summed E-state index contributed by atoms with van der Waals surface area (Å²) in [4.78, 5) is 0. The van der Waals surface area contributed by atoms with E-state index in [0.29, 0.717) is 256 Å². The van der Waals surface area contributed by atoms with Gasteiger partial charge in [0.2, 0.25) is 0 Å². The molecule has 0 bridgehead atoms. The molecule has 446 valence electrons. The molecule has 1 heterocycles. The first-order valence-corrected chi connectivity index (χ1v) is 28.0. The van der Waals surface area contributed by atoms with Crippen LogP contribution < -0.4 is 0 Å². The largest absolute Gasteiger partial charge is 0.382 e. The molecule has 3 aromatic rings. The molecule has 77 heavy (non-hydrogen) atoms. The molecular formula is C57H99NO19. The van der Waals surface area contributed by atoms with Crippen LogP contribution in [0.25, 0.3) is 21.8 Å². The first-order chi connectivity index (χ1) is 38.0. The maximum Gasteiger partial charge on any atom is 0.0701 e. The molecule has 0 spiro atoms. The second-order valence-corrected chi connectivity index (χ2v) is 18.0. The lowest BCUT2D eigenvalue weighted by atomic mass is 9.98. The van der Waals surface area contributed by atoms with E-state index in [0.717, 1.165) is 6.54 Å². The number of nitrogens with zero attached hydrogens (tertiary/aromatic N) is 1. The Morgan fingerprint density at radius 1 is 0.260 bits per heavy atom. The van der Waals surface area contributed by atoms with Gasteiger partial charge in [0, 0.05) is 35.5 Å². The van der Waals surface area contributed by atoms with Gasteiger partial charge in [0.05, 0.1) is 244 Å². The second-order valence-electron chi connectivity index (χ2n) is 18.0. The summed E-state index contributed by atoms with van der Waals surface area (Å²) in [6.45, 7) is 28.8. The van der Waals surface area contributed by atoms with Crippen LogP contribution in [0.15, 0.2) is 36.4 Å². The quantitative estimate of drug-likeness (QED) is 0.0602. The van der Waals surface area contributed by atoms with Crippen LogP contribution in [0.4, 0.5) is 0 Å². The Bertz CT molecular complexity index is 1690. The number of benzene rings is 2. The predicted octanol–water partition coefficient (Wildman–Crippen LogP) is 5.99. The summed E-state index contributed by atoms with van der Waals surface area (Å²) in [7, 11) is 1.65. The Balaban J connectivity index is 0.916. The highest BCUT2D eigenvalue weighted by atomic mass is 16.6. The van der Waals surface area contributed by atoms with Crippen molar-refractivity contribution in [1.82, 2.24) is 4.57 Å². The summed E-state index contributed by atoms with van der Waals surface area (Å²) in [5.41, 5.74) is 5.23. The standard InChI is InChI=1S/C57H99NO19/c1-50(2)52-6-8-56-54(48-52)55-49-53(51(3)4)7-9-57(55)58(56)10-11-60-14-15-62-18-19-64-22-23-66-26-27-68-30-31-70-34-35-72-38-39-74-42-43-76-46-47-77-45-44-75-41-40-73-37-36-71-33-32-69-29-28-67-25-24-65-21-20-63-17-16-61-13-12-59-5/h6-9,48-51H,10-47H2,1-5H3. The average molecular weight is 1100 g/mol. The summed E-state index contributed by atoms with van der Waals surface area (Å²) in [5, 5.41) is 2.64. The van der Waals surface area contributed by atoms with Crippen LogP contribution in [-0.4, -0.2) is 256 Å². The van der Waals surface area contributed by atoms with E-state index in [2.05, 4.69) is 68.7 Å². The van der Waals surface area contributed by atoms with Gasteiger partial charge >= 0.3 is 0 Å². The number of methoxy groups -OCH3 is 1. The topological polar surface area (TPSA) is 180 Å². The third-order valence-electron chi connectivity index (χ3n) is 11.5.